The molecule has 2 aromatic carbocycles. The highest BCUT2D eigenvalue weighted by Crippen LogP contribution is 2.29. The van der Waals surface area contributed by atoms with Gasteiger partial charge in [0, 0.05) is 17.6 Å². The van der Waals surface area contributed by atoms with Crippen LogP contribution in [0.2, 0.25) is 5.02 Å². The lowest BCUT2D eigenvalue weighted by Crippen LogP contribution is -2.37. The van der Waals surface area contributed by atoms with Crippen molar-refractivity contribution >= 4 is 28.5 Å². The van der Waals surface area contributed by atoms with Crippen molar-refractivity contribution in [2.24, 2.45) is 0 Å². The van der Waals surface area contributed by atoms with Crippen LogP contribution in [0.1, 0.15) is 40.6 Å². The van der Waals surface area contributed by atoms with E-state index in [9.17, 15) is 9.59 Å². The van der Waals surface area contributed by atoms with E-state index in [1.807, 2.05) is 37.3 Å². The number of carbonyl (C=O) groups excluding carboxylic acids is 1. The van der Waals surface area contributed by atoms with Crippen LogP contribution in [0.25, 0.3) is 11.0 Å². The van der Waals surface area contributed by atoms with Gasteiger partial charge in [0.1, 0.15) is 5.58 Å². The Labute approximate surface area is 174 Å². The first-order valence-corrected chi connectivity index (χ1v) is 10.2. The molecule has 0 unspecified atom stereocenters. The average Bonchev–Trinajstić information content (AvgIpc) is 3.23. The third kappa shape index (κ3) is 4.21. The lowest BCUT2D eigenvalue weighted by Gasteiger charge is -2.28. The number of carbonyl (C=O) groups is 1. The molecule has 1 saturated heterocycles. The van der Waals surface area contributed by atoms with Crippen LogP contribution < -0.4 is 10.7 Å². The van der Waals surface area contributed by atoms with E-state index in [-0.39, 0.29) is 17.2 Å². The maximum atomic E-state index is 12.8. The fraction of sp³-hybridized carbons (Fsp3) is 0.304. The lowest BCUT2D eigenvalue weighted by atomic mass is 10.1. The highest BCUT2D eigenvalue weighted by molar-refractivity contribution is 6.31. The Morgan fingerprint density at radius 2 is 1.93 bits per heavy atom. The normalized spacial score (nSPS) is 15.5. The topological polar surface area (TPSA) is 62.6 Å². The second-order valence-electron chi connectivity index (χ2n) is 7.46. The molecule has 0 spiro atoms. The molecular formula is C23H23ClN2O3. The van der Waals surface area contributed by atoms with Crippen LogP contribution in [0.5, 0.6) is 0 Å². The van der Waals surface area contributed by atoms with E-state index >= 15 is 0 Å². The Balaban J connectivity index is 1.57. The largest absolute Gasteiger partial charge is 0.451 e. The molecule has 6 heteroatoms. The maximum absolute atomic E-state index is 12.8. The van der Waals surface area contributed by atoms with Gasteiger partial charge in [0.15, 0.2) is 11.2 Å². The molecule has 1 fully saturated rings. The third-order valence-corrected chi connectivity index (χ3v) is 5.75. The summed E-state index contributed by atoms with van der Waals surface area (Å²) in [5, 5.41) is 4.09. The summed E-state index contributed by atoms with van der Waals surface area (Å²) in [6.07, 6.45) is 2.27. The number of amides is 1. The molecule has 2 heterocycles. The number of nitrogens with zero attached hydrogens (tertiary/aromatic N) is 1. The van der Waals surface area contributed by atoms with Gasteiger partial charge in [-0.2, -0.15) is 0 Å². The summed E-state index contributed by atoms with van der Waals surface area (Å²) < 4.78 is 5.72. The van der Waals surface area contributed by atoms with Crippen LogP contribution in [0.15, 0.2) is 57.7 Å². The number of likely N-dealkylation sites (tertiary alicyclic amines) is 1. The van der Waals surface area contributed by atoms with Crippen molar-refractivity contribution in [3.63, 3.8) is 0 Å². The van der Waals surface area contributed by atoms with Crippen LogP contribution in [-0.4, -0.2) is 30.4 Å². The Morgan fingerprint density at radius 1 is 1.17 bits per heavy atom. The molecule has 0 aliphatic carbocycles. The van der Waals surface area contributed by atoms with Gasteiger partial charge in [0.05, 0.1) is 11.4 Å². The first kappa shape index (κ1) is 19.7. The number of nitrogens with one attached hydrogen (secondary N) is 1. The van der Waals surface area contributed by atoms with E-state index in [4.69, 9.17) is 16.0 Å². The Hall–Kier alpha value is -2.63. The minimum Gasteiger partial charge on any atom is -0.451 e. The van der Waals surface area contributed by atoms with Gasteiger partial charge in [-0.15, -0.1) is 0 Å². The summed E-state index contributed by atoms with van der Waals surface area (Å²) in [5.74, 6) is -0.380. The van der Waals surface area contributed by atoms with Crippen LogP contribution in [0.4, 0.5) is 0 Å². The van der Waals surface area contributed by atoms with Crippen molar-refractivity contribution in [1.82, 2.24) is 10.2 Å². The summed E-state index contributed by atoms with van der Waals surface area (Å²) in [6.45, 7) is 4.24. The third-order valence-electron chi connectivity index (χ3n) is 5.41. The van der Waals surface area contributed by atoms with E-state index in [1.165, 1.54) is 6.07 Å². The Bertz CT molecular complexity index is 1100. The highest BCUT2D eigenvalue weighted by atomic mass is 35.5. The van der Waals surface area contributed by atoms with E-state index in [0.717, 1.165) is 37.1 Å². The second-order valence-corrected chi connectivity index (χ2v) is 7.87. The van der Waals surface area contributed by atoms with Gasteiger partial charge in [-0.25, -0.2) is 0 Å². The molecule has 0 radical (unpaired) electrons. The fourth-order valence-electron chi connectivity index (χ4n) is 3.89. The number of hydrogen-bond donors (Lipinski definition) is 1. The van der Waals surface area contributed by atoms with Crippen molar-refractivity contribution in [3.05, 3.63) is 80.7 Å². The molecule has 0 bridgehead atoms. The molecule has 5 nitrogen and oxygen atoms in total. The minimum atomic E-state index is -0.401. The van der Waals surface area contributed by atoms with Gasteiger partial charge < -0.3 is 9.73 Å². The predicted octanol–water partition coefficient (Wildman–Crippen LogP) is 4.32. The van der Waals surface area contributed by atoms with Crippen molar-refractivity contribution in [3.8, 4) is 0 Å². The zero-order valence-corrected chi connectivity index (χ0v) is 17.0. The number of fused-ring (bicyclic) bond motifs is 1. The van der Waals surface area contributed by atoms with Gasteiger partial charge in [0.2, 0.25) is 0 Å². The zero-order valence-electron chi connectivity index (χ0n) is 16.3. The monoisotopic (exact) mass is 410 g/mol. The first-order valence-electron chi connectivity index (χ1n) is 9.84. The Morgan fingerprint density at radius 3 is 2.69 bits per heavy atom. The fourth-order valence-corrected chi connectivity index (χ4v) is 4.15. The first-order chi connectivity index (χ1) is 14.0. The predicted molar refractivity (Wildman–Crippen MR) is 115 cm³/mol. The van der Waals surface area contributed by atoms with Crippen molar-refractivity contribution in [2.45, 2.75) is 25.8 Å². The van der Waals surface area contributed by atoms with E-state index in [2.05, 4.69) is 10.2 Å². The molecule has 1 atom stereocenters. The smallest absolute Gasteiger partial charge is 0.287 e. The van der Waals surface area contributed by atoms with E-state index in [0.29, 0.717) is 22.5 Å². The van der Waals surface area contributed by atoms with Gasteiger partial charge in [-0.1, -0.05) is 35.9 Å². The van der Waals surface area contributed by atoms with Crippen LogP contribution in [-0.2, 0) is 0 Å². The van der Waals surface area contributed by atoms with E-state index < -0.39 is 5.91 Å². The van der Waals surface area contributed by atoms with Crippen molar-refractivity contribution in [2.75, 3.05) is 19.6 Å². The number of halogens is 1. The quantitative estimate of drug-likeness (QED) is 0.680. The van der Waals surface area contributed by atoms with Crippen molar-refractivity contribution in [1.29, 1.82) is 0 Å². The second kappa shape index (κ2) is 8.39. The standard InChI is InChI=1S/C23H23ClN2O3/c1-15-8-9-17-20(27)13-22(29-21(17)12-15)23(28)25-14-19(26-10-4-5-11-26)16-6-2-3-7-18(16)24/h2-3,6-9,12-13,19H,4-5,10-11,14H2,1H3,(H,25,28)/t19-/m0/s1. The summed E-state index contributed by atoms with van der Waals surface area (Å²) in [5.41, 5.74) is 2.15. The maximum Gasteiger partial charge on any atom is 0.287 e. The number of benzene rings is 2. The molecule has 29 heavy (non-hydrogen) atoms. The molecule has 1 aliphatic heterocycles. The minimum absolute atomic E-state index is 0.0208. The lowest BCUT2D eigenvalue weighted by molar-refractivity contribution is 0.0910. The number of rotatable bonds is 5. The van der Waals surface area contributed by atoms with Gasteiger partial charge in [-0.05, 0) is 62.2 Å². The van der Waals surface area contributed by atoms with E-state index in [1.54, 1.807) is 12.1 Å². The zero-order chi connectivity index (χ0) is 20.4. The number of hydrogen-bond acceptors (Lipinski definition) is 4. The van der Waals surface area contributed by atoms with Crippen LogP contribution in [0.3, 0.4) is 0 Å². The molecule has 3 aromatic rings. The summed E-state index contributed by atoms with van der Waals surface area (Å²) in [4.78, 5) is 27.5. The van der Waals surface area contributed by atoms with Gasteiger partial charge in [0.25, 0.3) is 5.91 Å². The molecule has 1 aliphatic rings. The molecule has 0 saturated carbocycles. The van der Waals surface area contributed by atoms with Crippen LogP contribution >= 0.6 is 11.6 Å². The molecule has 150 valence electrons. The van der Waals surface area contributed by atoms with Gasteiger partial charge >= 0.3 is 0 Å². The van der Waals surface area contributed by atoms with Gasteiger partial charge in [-0.3, -0.25) is 14.5 Å². The van der Waals surface area contributed by atoms with Crippen LogP contribution in [0, 0.1) is 6.92 Å². The molecular weight excluding hydrogens is 388 g/mol. The summed E-state index contributed by atoms with van der Waals surface area (Å²) in [7, 11) is 0. The van der Waals surface area contributed by atoms with Crippen molar-refractivity contribution < 1.29 is 9.21 Å². The average molecular weight is 411 g/mol. The Kier molecular flexibility index (Phi) is 5.69. The highest BCUT2D eigenvalue weighted by Gasteiger charge is 2.26. The molecule has 1 aromatic heterocycles. The number of aryl methyl sites for hydroxylation is 1. The molecule has 1 amide bonds. The molecule has 1 N–H and O–H groups in total. The SMILES string of the molecule is Cc1ccc2c(=O)cc(C(=O)NC[C@@H](c3ccccc3Cl)N3CCCC3)oc2c1. The summed E-state index contributed by atoms with van der Waals surface area (Å²) in [6, 6.07) is 14.3. The molecule has 4 rings (SSSR count). The summed E-state index contributed by atoms with van der Waals surface area (Å²) >= 11 is 6.43.